The molecule has 0 spiro atoms. The summed E-state index contributed by atoms with van der Waals surface area (Å²) in [7, 11) is 3.25. The molecule has 1 heterocycles. The van der Waals surface area contributed by atoms with Gasteiger partial charge in [0.15, 0.2) is 0 Å². The zero-order chi connectivity index (χ0) is 24.1. The van der Waals surface area contributed by atoms with E-state index in [1.165, 1.54) is 25.3 Å². The van der Waals surface area contributed by atoms with Gasteiger partial charge >= 0.3 is 5.97 Å². The Morgan fingerprint density at radius 1 is 1.12 bits per heavy atom. The van der Waals surface area contributed by atoms with E-state index in [4.69, 9.17) is 9.47 Å². The van der Waals surface area contributed by atoms with E-state index in [0.29, 0.717) is 30.2 Å². The summed E-state index contributed by atoms with van der Waals surface area (Å²) in [4.78, 5) is 26.2. The van der Waals surface area contributed by atoms with Gasteiger partial charge in [-0.2, -0.15) is 0 Å². The molecule has 34 heavy (non-hydrogen) atoms. The number of benzene rings is 3. The second-order valence-electron chi connectivity index (χ2n) is 7.94. The van der Waals surface area contributed by atoms with Crippen molar-refractivity contribution in [2.75, 3.05) is 37.5 Å². The highest BCUT2D eigenvalue weighted by atomic mass is 19.1. The Hall–Kier alpha value is -4.07. The van der Waals surface area contributed by atoms with Crippen LogP contribution in [0, 0.1) is 5.82 Å². The first-order valence-corrected chi connectivity index (χ1v) is 10.8. The molecular formula is C26H25FN2O5. The van der Waals surface area contributed by atoms with Crippen LogP contribution in [-0.4, -0.2) is 45.3 Å². The highest BCUT2D eigenvalue weighted by Crippen LogP contribution is 2.32. The SMILES string of the molecule is COC(=O)Cc1cc(NC(=O)c2ccc(OC[C@@H]3CN(C)c4ccccc4O3)cc2)ccc1F. The fourth-order valence-corrected chi connectivity index (χ4v) is 3.69. The first kappa shape index (κ1) is 23.1. The van der Waals surface area contributed by atoms with Gasteiger partial charge in [-0.3, -0.25) is 9.59 Å². The normalized spacial score (nSPS) is 14.6. The van der Waals surface area contributed by atoms with E-state index in [2.05, 4.69) is 15.0 Å². The van der Waals surface area contributed by atoms with Gasteiger partial charge in [-0.15, -0.1) is 0 Å². The Labute approximate surface area is 197 Å². The van der Waals surface area contributed by atoms with Crippen molar-refractivity contribution in [3.8, 4) is 11.5 Å². The minimum Gasteiger partial charge on any atom is -0.490 e. The molecule has 0 fully saturated rings. The maximum Gasteiger partial charge on any atom is 0.310 e. The predicted octanol–water partition coefficient (Wildman–Crippen LogP) is 4.07. The minimum absolute atomic E-state index is 0.125. The minimum atomic E-state index is -0.563. The Morgan fingerprint density at radius 2 is 1.88 bits per heavy atom. The van der Waals surface area contributed by atoms with Gasteiger partial charge in [-0.25, -0.2) is 4.39 Å². The molecule has 3 aromatic rings. The van der Waals surface area contributed by atoms with E-state index in [-0.39, 0.29) is 24.0 Å². The molecule has 8 heteroatoms. The lowest BCUT2D eigenvalue weighted by Gasteiger charge is -2.33. The Kier molecular flexibility index (Phi) is 6.96. The van der Waals surface area contributed by atoms with E-state index < -0.39 is 11.8 Å². The van der Waals surface area contributed by atoms with Crippen LogP contribution >= 0.6 is 0 Å². The maximum absolute atomic E-state index is 13.9. The summed E-state index contributed by atoms with van der Waals surface area (Å²) in [6.45, 7) is 1.07. The van der Waals surface area contributed by atoms with Crippen LogP contribution < -0.4 is 19.7 Å². The third-order valence-electron chi connectivity index (χ3n) is 5.47. The number of esters is 1. The lowest BCUT2D eigenvalue weighted by molar-refractivity contribution is -0.139. The van der Waals surface area contributed by atoms with Gasteiger partial charge in [0.05, 0.1) is 25.8 Å². The van der Waals surface area contributed by atoms with Crippen molar-refractivity contribution in [2.24, 2.45) is 0 Å². The van der Waals surface area contributed by atoms with Crippen molar-refractivity contribution in [3.05, 3.63) is 83.7 Å². The summed E-state index contributed by atoms with van der Waals surface area (Å²) in [5.41, 5.74) is 1.98. The predicted molar refractivity (Wildman–Crippen MR) is 126 cm³/mol. The molecule has 4 rings (SSSR count). The van der Waals surface area contributed by atoms with E-state index in [1.54, 1.807) is 24.3 Å². The molecule has 0 aromatic heterocycles. The number of hydrogen-bond donors (Lipinski definition) is 1. The molecule has 0 radical (unpaired) electrons. The van der Waals surface area contributed by atoms with Crippen molar-refractivity contribution in [1.82, 2.24) is 0 Å². The average molecular weight is 464 g/mol. The van der Waals surface area contributed by atoms with Crippen molar-refractivity contribution in [2.45, 2.75) is 12.5 Å². The van der Waals surface area contributed by atoms with Crippen LogP contribution in [0.15, 0.2) is 66.7 Å². The van der Waals surface area contributed by atoms with Crippen LogP contribution in [0.4, 0.5) is 15.8 Å². The molecule has 1 aliphatic rings. The molecule has 3 aromatic carbocycles. The smallest absolute Gasteiger partial charge is 0.310 e. The van der Waals surface area contributed by atoms with Gasteiger partial charge in [0, 0.05) is 23.9 Å². The van der Waals surface area contributed by atoms with Gasteiger partial charge < -0.3 is 24.4 Å². The molecule has 0 saturated carbocycles. The Balaban J connectivity index is 1.33. The number of methoxy groups -OCH3 is 1. The third kappa shape index (κ3) is 5.46. The zero-order valence-corrected chi connectivity index (χ0v) is 18.9. The molecule has 0 saturated heterocycles. The van der Waals surface area contributed by atoms with Gasteiger partial charge in [0.1, 0.15) is 30.0 Å². The van der Waals surface area contributed by atoms with Crippen LogP contribution in [0.25, 0.3) is 0 Å². The van der Waals surface area contributed by atoms with Crippen molar-refractivity contribution in [1.29, 1.82) is 0 Å². The molecule has 7 nitrogen and oxygen atoms in total. The second kappa shape index (κ2) is 10.2. The highest BCUT2D eigenvalue weighted by Gasteiger charge is 2.23. The summed E-state index contributed by atoms with van der Waals surface area (Å²) in [5, 5.41) is 2.71. The first-order chi connectivity index (χ1) is 16.4. The van der Waals surface area contributed by atoms with Crippen LogP contribution in [-0.2, 0) is 16.0 Å². The Morgan fingerprint density at radius 3 is 2.65 bits per heavy atom. The van der Waals surface area contributed by atoms with E-state index in [0.717, 1.165) is 11.4 Å². The number of nitrogens with zero attached hydrogens (tertiary/aromatic N) is 1. The van der Waals surface area contributed by atoms with Gasteiger partial charge in [-0.05, 0) is 54.6 Å². The lowest BCUT2D eigenvalue weighted by atomic mass is 10.1. The molecule has 1 atom stereocenters. The van der Waals surface area contributed by atoms with Crippen molar-refractivity contribution >= 4 is 23.3 Å². The number of likely N-dealkylation sites (N-methyl/N-ethyl adjacent to an activating group) is 1. The van der Waals surface area contributed by atoms with Crippen LogP contribution in [0.2, 0.25) is 0 Å². The number of ether oxygens (including phenoxy) is 3. The number of carbonyl (C=O) groups is 2. The number of anilines is 2. The molecular weight excluding hydrogens is 439 g/mol. The van der Waals surface area contributed by atoms with Crippen molar-refractivity contribution in [3.63, 3.8) is 0 Å². The van der Waals surface area contributed by atoms with Crippen LogP contribution in [0.3, 0.4) is 0 Å². The largest absolute Gasteiger partial charge is 0.490 e. The molecule has 0 unspecified atom stereocenters. The molecule has 1 amide bonds. The highest BCUT2D eigenvalue weighted by molar-refractivity contribution is 6.04. The van der Waals surface area contributed by atoms with Crippen LogP contribution in [0.1, 0.15) is 15.9 Å². The standard InChI is InChI=1S/C26H25FN2O5/c1-29-15-21(34-24-6-4-3-5-23(24)29)16-33-20-10-7-17(8-11-20)26(31)28-19-9-12-22(27)18(13-19)14-25(30)32-2/h3-13,21H,14-16H2,1-2H3,(H,28,31)/t21-/m0/s1. The zero-order valence-electron chi connectivity index (χ0n) is 18.9. The third-order valence-corrected chi connectivity index (χ3v) is 5.47. The summed E-state index contributed by atoms with van der Waals surface area (Å²) in [5.74, 6) is -0.0267. The number of para-hydroxylation sites is 2. The number of nitrogens with one attached hydrogen (secondary N) is 1. The number of hydrogen-bond acceptors (Lipinski definition) is 6. The lowest BCUT2D eigenvalue weighted by Crippen LogP contribution is -2.41. The number of halogens is 1. The van der Waals surface area contributed by atoms with Crippen molar-refractivity contribution < 1.29 is 28.2 Å². The molecule has 0 bridgehead atoms. The van der Waals surface area contributed by atoms with Gasteiger partial charge in [0.25, 0.3) is 5.91 Å². The number of rotatable bonds is 7. The monoisotopic (exact) mass is 464 g/mol. The van der Waals surface area contributed by atoms with E-state index >= 15 is 0 Å². The number of amides is 1. The van der Waals surface area contributed by atoms with Gasteiger partial charge in [0.2, 0.25) is 0 Å². The second-order valence-corrected chi connectivity index (χ2v) is 7.94. The number of carbonyl (C=O) groups excluding carboxylic acids is 2. The average Bonchev–Trinajstić information content (AvgIpc) is 2.85. The fraction of sp³-hybridized carbons (Fsp3) is 0.231. The molecule has 176 valence electrons. The van der Waals surface area contributed by atoms with Crippen LogP contribution in [0.5, 0.6) is 11.5 Å². The summed E-state index contributed by atoms with van der Waals surface area (Å²) < 4.78 is 30.4. The molecule has 0 aliphatic carbocycles. The summed E-state index contributed by atoms with van der Waals surface area (Å²) in [6.07, 6.45) is -0.343. The first-order valence-electron chi connectivity index (χ1n) is 10.8. The molecule has 1 aliphatic heterocycles. The van der Waals surface area contributed by atoms with E-state index in [9.17, 15) is 14.0 Å². The van der Waals surface area contributed by atoms with E-state index in [1.807, 2.05) is 31.3 Å². The number of fused-ring (bicyclic) bond motifs is 1. The van der Waals surface area contributed by atoms with Gasteiger partial charge in [-0.1, -0.05) is 12.1 Å². The quantitative estimate of drug-likeness (QED) is 0.532. The fourth-order valence-electron chi connectivity index (χ4n) is 3.69. The molecule has 1 N–H and O–H groups in total. The summed E-state index contributed by atoms with van der Waals surface area (Å²) in [6, 6.07) is 18.6. The Bertz CT molecular complexity index is 1180. The maximum atomic E-state index is 13.9. The topological polar surface area (TPSA) is 77.1 Å². The summed E-state index contributed by atoms with van der Waals surface area (Å²) >= 11 is 0.